The number of hydrogen-bond acceptors (Lipinski definition) is 2. The van der Waals surface area contributed by atoms with Gasteiger partial charge in [0, 0.05) is 30.7 Å². The van der Waals surface area contributed by atoms with Gasteiger partial charge in [0.15, 0.2) is 0 Å². The van der Waals surface area contributed by atoms with Crippen LogP contribution in [0.25, 0.3) is 0 Å². The molecule has 0 aliphatic carbocycles. The van der Waals surface area contributed by atoms with Gasteiger partial charge in [0.05, 0.1) is 10.6 Å². The molecule has 0 atom stereocenters. The Labute approximate surface area is 118 Å². The van der Waals surface area contributed by atoms with E-state index in [9.17, 15) is 0 Å². The zero-order chi connectivity index (χ0) is 14.0. The van der Waals surface area contributed by atoms with Gasteiger partial charge < -0.3 is 9.88 Å². The van der Waals surface area contributed by atoms with E-state index in [0.717, 1.165) is 12.2 Å². The topological polar surface area (TPSA) is 40.8 Å². The summed E-state index contributed by atoms with van der Waals surface area (Å²) in [5, 5.41) is 12.8. The Morgan fingerprint density at radius 2 is 2.05 bits per heavy atom. The van der Waals surface area contributed by atoms with Gasteiger partial charge in [-0.15, -0.1) is 0 Å². The van der Waals surface area contributed by atoms with Crippen LogP contribution in [0.4, 0.5) is 5.69 Å². The molecular weight excluding hydrogens is 258 g/mol. The molecule has 0 aliphatic heterocycles. The fraction of sp³-hybridized carbons (Fsp3) is 0.267. The molecule has 2 aromatic rings. The minimum atomic E-state index is 0.486. The van der Waals surface area contributed by atoms with Crippen LogP contribution in [-0.4, -0.2) is 4.57 Å². The van der Waals surface area contributed by atoms with Crippen molar-refractivity contribution >= 4 is 17.3 Å². The maximum atomic E-state index is 8.95. The molecule has 0 amide bonds. The van der Waals surface area contributed by atoms with E-state index in [1.165, 1.54) is 17.0 Å². The van der Waals surface area contributed by atoms with Crippen molar-refractivity contribution in [3.63, 3.8) is 0 Å². The maximum absolute atomic E-state index is 8.95. The summed E-state index contributed by atoms with van der Waals surface area (Å²) in [6.45, 7) is 4.93. The van der Waals surface area contributed by atoms with E-state index >= 15 is 0 Å². The molecule has 1 aromatic carbocycles. The number of nitriles is 1. The molecule has 0 aliphatic rings. The zero-order valence-electron chi connectivity index (χ0n) is 11.3. The van der Waals surface area contributed by atoms with Gasteiger partial charge in [0.1, 0.15) is 6.07 Å². The highest BCUT2D eigenvalue weighted by Crippen LogP contribution is 2.21. The lowest BCUT2D eigenvalue weighted by atomic mass is 10.2. The highest BCUT2D eigenvalue weighted by molar-refractivity contribution is 6.31. The average Bonchev–Trinajstić information content (AvgIpc) is 2.65. The quantitative estimate of drug-likeness (QED) is 0.925. The third-order valence-corrected chi connectivity index (χ3v) is 3.78. The molecule has 1 N–H and O–H groups in total. The summed E-state index contributed by atoms with van der Waals surface area (Å²) < 4.78 is 2.17. The van der Waals surface area contributed by atoms with Crippen molar-refractivity contribution in [3.05, 3.63) is 51.8 Å². The fourth-order valence-corrected chi connectivity index (χ4v) is 2.19. The molecule has 1 heterocycles. The van der Waals surface area contributed by atoms with Crippen molar-refractivity contribution in [3.8, 4) is 6.07 Å². The first-order valence-electron chi connectivity index (χ1n) is 6.08. The van der Waals surface area contributed by atoms with Crippen molar-refractivity contribution in [2.45, 2.75) is 20.4 Å². The van der Waals surface area contributed by atoms with Crippen molar-refractivity contribution in [1.29, 1.82) is 5.26 Å². The normalized spacial score (nSPS) is 10.3. The second-order valence-corrected chi connectivity index (χ2v) is 5.02. The van der Waals surface area contributed by atoms with Gasteiger partial charge in [-0.1, -0.05) is 11.6 Å². The van der Waals surface area contributed by atoms with Crippen molar-refractivity contribution in [2.24, 2.45) is 7.05 Å². The maximum Gasteiger partial charge on any atom is 0.101 e. The minimum absolute atomic E-state index is 0.486. The van der Waals surface area contributed by atoms with E-state index < -0.39 is 0 Å². The summed E-state index contributed by atoms with van der Waals surface area (Å²) in [6, 6.07) is 9.65. The minimum Gasteiger partial charge on any atom is -0.381 e. The summed E-state index contributed by atoms with van der Waals surface area (Å²) in [5.41, 5.74) is 5.14. The lowest BCUT2D eigenvalue weighted by molar-refractivity contribution is 0.837. The summed E-state index contributed by atoms with van der Waals surface area (Å²) in [6.07, 6.45) is 0. The molecule has 0 radical (unpaired) electrons. The Morgan fingerprint density at radius 1 is 1.32 bits per heavy atom. The number of anilines is 1. The zero-order valence-corrected chi connectivity index (χ0v) is 12.0. The standard InChI is InChI=1S/C15H16ClN3/c1-10-6-13(11(2)19(10)3)9-18-14-4-5-15(16)12(7-14)8-17/h4-7,18H,9H2,1-3H3. The Bertz CT molecular complexity index is 650. The van der Waals surface area contributed by atoms with E-state index in [-0.39, 0.29) is 0 Å². The molecule has 0 saturated carbocycles. The smallest absolute Gasteiger partial charge is 0.101 e. The van der Waals surface area contributed by atoms with E-state index in [1.807, 2.05) is 6.07 Å². The molecule has 0 spiro atoms. The lowest BCUT2D eigenvalue weighted by Gasteiger charge is -2.07. The summed E-state index contributed by atoms with van der Waals surface area (Å²) in [5.74, 6) is 0. The molecule has 0 saturated heterocycles. The molecule has 1 aromatic heterocycles. The predicted octanol–water partition coefficient (Wildman–Crippen LogP) is 3.78. The van der Waals surface area contributed by atoms with Gasteiger partial charge in [0.25, 0.3) is 0 Å². The third kappa shape index (κ3) is 2.74. The molecule has 4 heteroatoms. The van der Waals surface area contributed by atoms with E-state index in [4.69, 9.17) is 16.9 Å². The molecule has 0 bridgehead atoms. The predicted molar refractivity (Wildman–Crippen MR) is 78.4 cm³/mol. The van der Waals surface area contributed by atoms with Gasteiger partial charge in [-0.2, -0.15) is 5.26 Å². The number of benzene rings is 1. The fourth-order valence-electron chi connectivity index (χ4n) is 2.03. The van der Waals surface area contributed by atoms with Crippen LogP contribution in [0.15, 0.2) is 24.3 Å². The van der Waals surface area contributed by atoms with Gasteiger partial charge in [-0.25, -0.2) is 0 Å². The molecule has 2 rings (SSSR count). The Hall–Kier alpha value is -1.92. The van der Waals surface area contributed by atoms with E-state index in [2.05, 4.69) is 42.9 Å². The molecule has 19 heavy (non-hydrogen) atoms. The third-order valence-electron chi connectivity index (χ3n) is 3.45. The van der Waals surface area contributed by atoms with Crippen LogP contribution in [0.5, 0.6) is 0 Å². The van der Waals surface area contributed by atoms with Crippen LogP contribution >= 0.6 is 11.6 Å². The van der Waals surface area contributed by atoms with Crippen molar-refractivity contribution in [1.82, 2.24) is 4.57 Å². The van der Waals surface area contributed by atoms with Gasteiger partial charge in [-0.05, 0) is 43.7 Å². The average molecular weight is 274 g/mol. The second kappa shape index (κ2) is 5.38. The van der Waals surface area contributed by atoms with Gasteiger partial charge >= 0.3 is 0 Å². The lowest BCUT2D eigenvalue weighted by Crippen LogP contribution is -2.01. The number of halogens is 1. The SMILES string of the molecule is Cc1cc(CNc2ccc(Cl)c(C#N)c2)c(C)n1C. The highest BCUT2D eigenvalue weighted by Gasteiger charge is 2.06. The summed E-state index contributed by atoms with van der Waals surface area (Å²) in [4.78, 5) is 0. The molecule has 0 fully saturated rings. The summed E-state index contributed by atoms with van der Waals surface area (Å²) in [7, 11) is 2.06. The molecule has 98 valence electrons. The second-order valence-electron chi connectivity index (χ2n) is 4.62. The van der Waals surface area contributed by atoms with Crippen LogP contribution < -0.4 is 5.32 Å². The van der Waals surface area contributed by atoms with Crippen LogP contribution in [0, 0.1) is 25.2 Å². The van der Waals surface area contributed by atoms with Crippen LogP contribution in [-0.2, 0) is 13.6 Å². The molecule has 3 nitrogen and oxygen atoms in total. The number of rotatable bonds is 3. The highest BCUT2D eigenvalue weighted by atomic mass is 35.5. The van der Waals surface area contributed by atoms with Crippen LogP contribution in [0.2, 0.25) is 5.02 Å². The largest absolute Gasteiger partial charge is 0.381 e. The first kappa shape index (κ1) is 13.5. The number of nitrogens with one attached hydrogen (secondary N) is 1. The Balaban J connectivity index is 2.15. The van der Waals surface area contributed by atoms with E-state index in [1.54, 1.807) is 12.1 Å². The Morgan fingerprint density at radius 3 is 2.63 bits per heavy atom. The van der Waals surface area contributed by atoms with Crippen LogP contribution in [0.1, 0.15) is 22.5 Å². The van der Waals surface area contributed by atoms with Crippen molar-refractivity contribution in [2.75, 3.05) is 5.32 Å². The summed E-state index contributed by atoms with van der Waals surface area (Å²) >= 11 is 5.91. The Kier molecular flexibility index (Phi) is 3.82. The van der Waals surface area contributed by atoms with E-state index in [0.29, 0.717) is 10.6 Å². The van der Waals surface area contributed by atoms with Gasteiger partial charge in [-0.3, -0.25) is 0 Å². The number of aryl methyl sites for hydroxylation is 1. The number of nitrogens with zero attached hydrogens (tertiary/aromatic N) is 2. The first-order valence-corrected chi connectivity index (χ1v) is 6.46. The molecular formula is C15H16ClN3. The van der Waals surface area contributed by atoms with Crippen LogP contribution in [0.3, 0.4) is 0 Å². The number of aromatic nitrogens is 1. The monoisotopic (exact) mass is 273 g/mol. The van der Waals surface area contributed by atoms with Crippen molar-refractivity contribution < 1.29 is 0 Å². The molecule has 0 unspecified atom stereocenters. The van der Waals surface area contributed by atoms with Gasteiger partial charge in [0.2, 0.25) is 0 Å². The first-order chi connectivity index (χ1) is 9.02. The number of hydrogen-bond donors (Lipinski definition) is 1.